The summed E-state index contributed by atoms with van der Waals surface area (Å²) >= 11 is 0. The number of rotatable bonds is 7. The molecule has 32 heavy (non-hydrogen) atoms. The van der Waals surface area contributed by atoms with Gasteiger partial charge in [0.25, 0.3) is 5.56 Å². The second kappa shape index (κ2) is 9.83. The Morgan fingerprint density at radius 1 is 0.906 bits per heavy atom. The van der Waals surface area contributed by atoms with Crippen LogP contribution in [0.2, 0.25) is 0 Å². The molecule has 3 aromatic carbocycles. The Kier molecular flexibility index (Phi) is 6.51. The molecule has 0 unspecified atom stereocenters. The van der Waals surface area contributed by atoms with E-state index in [9.17, 15) is 9.59 Å². The standard InChI is InChI=1S/C26H24N4O2/c1-19(16-17-20-10-4-2-5-11-20)28-29-25(31)24-27-23-15-9-8-14-22(23)26(32)30(24)18-21-12-6-3-7-13-21/h2-15H,16-18H2,1H3,(H,29,31)/b28-19-. The molecular weight excluding hydrogens is 400 g/mol. The van der Waals surface area contributed by atoms with Crippen molar-refractivity contribution in [3.63, 3.8) is 0 Å². The van der Waals surface area contributed by atoms with Gasteiger partial charge in [0.2, 0.25) is 5.82 Å². The summed E-state index contributed by atoms with van der Waals surface area (Å²) in [7, 11) is 0. The van der Waals surface area contributed by atoms with Gasteiger partial charge in [-0.05, 0) is 43.0 Å². The number of amides is 1. The van der Waals surface area contributed by atoms with Crippen LogP contribution in [-0.2, 0) is 13.0 Å². The van der Waals surface area contributed by atoms with Gasteiger partial charge in [-0.3, -0.25) is 14.2 Å². The third kappa shape index (κ3) is 4.98. The van der Waals surface area contributed by atoms with Crippen molar-refractivity contribution in [2.75, 3.05) is 0 Å². The normalized spacial score (nSPS) is 11.5. The summed E-state index contributed by atoms with van der Waals surface area (Å²) in [5.74, 6) is -0.472. The molecule has 4 rings (SSSR count). The van der Waals surface area contributed by atoms with E-state index in [1.807, 2.05) is 55.5 Å². The fourth-order valence-electron chi connectivity index (χ4n) is 3.48. The lowest BCUT2D eigenvalue weighted by Crippen LogP contribution is -2.32. The zero-order valence-electron chi connectivity index (χ0n) is 17.9. The van der Waals surface area contributed by atoms with Gasteiger partial charge in [0.15, 0.2) is 0 Å². The molecule has 0 bridgehead atoms. The van der Waals surface area contributed by atoms with E-state index >= 15 is 0 Å². The number of aromatic nitrogens is 2. The minimum absolute atomic E-state index is 0.0390. The highest BCUT2D eigenvalue weighted by molar-refractivity contribution is 5.94. The maximum absolute atomic E-state index is 13.2. The molecule has 0 aliphatic rings. The first-order valence-corrected chi connectivity index (χ1v) is 10.5. The summed E-state index contributed by atoms with van der Waals surface area (Å²) in [6.45, 7) is 2.12. The number of carbonyl (C=O) groups excluding carboxylic acids is 1. The number of hydrogen-bond donors (Lipinski definition) is 1. The Balaban J connectivity index is 1.59. The summed E-state index contributed by atoms with van der Waals surface area (Å²) in [6.07, 6.45) is 1.55. The second-order valence-electron chi connectivity index (χ2n) is 7.60. The second-order valence-corrected chi connectivity index (χ2v) is 7.60. The Bertz CT molecular complexity index is 1310. The SMILES string of the molecule is C/C(CCc1ccccc1)=N/NC(=O)c1nc2ccccc2c(=O)n1Cc1ccccc1. The van der Waals surface area contributed by atoms with Gasteiger partial charge >= 0.3 is 5.91 Å². The van der Waals surface area contributed by atoms with E-state index in [0.717, 1.165) is 17.7 Å². The van der Waals surface area contributed by atoms with Crippen molar-refractivity contribution in [3.05, 3.63) is 112 Å². The molecule has 0 aliphatic carbocycles. The van der Waals surface area contributed by atoms with Crippen molar-refractivity contribution < 1.29 is 4.79 Å². The van der Waals surface area contributed by atoms with Crippen LogP contribution in [-0.4, -0.2) is 21.2 Å². The lowest BCUT2D eigenvalue weighted by Gasteiger charge is -2.13. The molecule has 6 nitrogen and oxygen atoms in total. The molecule has 0 atom stereocenters. The van der Waals surface area contributed by atoms with Crippen molar-refractivity contribution >= 4 is 22.5 Å². The maximum Gasteiger partial charge on any atom is 0.307 e. The molecule has 1 aromatic heterocycles. The molecule has 1 amide bonds. The van der Waals surface area contributed by atoms with Crippen LogP contribution in [0.25, 0.3) is 10.9 Å². The maximum atomic E-state index is 13.2. The number of para-hydroxylation sites is 1. The predicted octanol–water partition coefficient (Wildman–Crippen LogP) is 4.18. The van der Waals surface area contributed by atoms with Crippen LogP contribution in [0, 0.1) is 0 Å². The van der Waals surface area contributed by atoms with Gasteiger partial charge < -0.3 is 0 Å². The van der Waals surface area contributed by atoms with Gasteiger partial charge in [-0.25, -0.2) is 10.4 Å². The molecule has 0 radical (unpaired) electrons. The topological polar surface area (TPSA) is 76.3 Å². The minimum Gasteiger partial charge on any atom is -0.283 e. The van der Waals surface area contributed by atoms with Gasteiger partial charge in [0.1, 0.15) is 0 Å². The highest BCUT2D eigenvalue weighted by Crippen LogP contribution is 2.10. The molecule has 160 valence electrons. The van der Waals surface area contributed by atoms with Crippen LogP contribution in [0.4, 0.5) is 0 Å². The van der Waals surface area contributed by atoms with Gasteiger partial charge in [0.05, 0.1) is 17.4 Å². The van der Waals surface area contributed by atoms with Gasteiger partial charge in [-0.15, -0.1) is 0 Å². The fraction of sp³-hybridized carbons (Fsp3) is 0.154. The van der Waals surface area contributed by atoms with Crippen LogP contribution in [0.3, 0.4) is 0 Å². The van der Waals surface area contributed by atoms with E-state index in [-0.39, 0.29) is 17.9 Å². The van der Waals surface area contributed by atoms with Gasteiger partial charge in [-0.1, -0.05) is 72.8 Å². The Labute approximate surface area is 186 Å². The van der Waals surface area contributed by atoms with Crippen LogP contribution in [0.5, 0.6) is 0 Å². The molecule has 0 aliphatic heterocycles. The van der Waals surface area contributed by atoms with E-state index in [0.29, 0.717) is 17.3 Å². The summed E-state index contributed by atoms with van der Waals surface area (Å²) < 4.78 is 1.40. The molecule has 4 aromatic rings. The lowest BCUT2D eigenvalue weighted by molar-refractivity contribution is 0.0939. The molecular formula is C26H24N4O2. The van der Waals surface area contributed by atoms with Gasteiger partial charge in [0, 0.05) is 5.71 Å². The molecule has 0 fully saturated rings. The number of hydrogen-bond acceptors (Lipinski definition) is 4. The highest BCUT2D eigenvalue weighted by Gasteiger charge is 2.17. The molecule has 0 spiro atoms. The Morgan fingerprint density at radius 2 is 1.53 bits per heavy atom. The third-order valence-electron chi connectivity index (χ3n) is 5.21. The molecule has 0 saturated carbocycles. The number of nitrogens with one attached hydrogen (secondary N) is 1. The van der Waals surface area contributed by atoms with Crippen molar-refractivity contribution in [2.45, 2.75) is 26.3 Å². The summed E-state index contributed by atoms with van der Waals surface area (Å²) in [6, 6.07) is 26.7. The lowest BCUT2D eigenvalue weighted by atomic mass is 10.1. The monoisotopic (exact) mass is 424 g/mol. The van der Waals surface area contributed by atoms with E-state index in [1.54, 1.807) is 24.3 Å². The van der Waals surface area contributed by atoms with Crippen molar-refractivity contribution in [2.24, 2.45) is 5.10 Å². The number of hydrazone groups is 1. The summed E-state index contributed by atoms with van der Waals surface area (Å²) in [5, 5.41) is 4.71. The van der Waals surface area contributed by atoms with Crippen LogP contribution >= 0.6 is 0 Å². The van der Waals surface area contributed by atoms with Gasteiger partial charge in [-0.2, -0.15) is 5.10 Å². The Hall–Kier alpha value is -4.06. The van der Waals surface area contributed by atoms with Crippen LogP contribution < -0.4 is 11.0 Å². The van der Waals surface area contributed by atoms with E-state index in [4.69, 9.17) is 0 Å². The van der Waals surface area contributed by atoms with E-state index in [2.05, 4.69) is 27.6 Å². The predicted molar refractivity (Wildman–Crippen MR) is 127 cm³/mol. The largest absolute Gasteiger partial charge is 0.307 e. The Morgan fingerprint density at radius 3 is 2.25 bits per heavy atom. The summed E-state index contributed by atoms with van der Waals surface area (Å²) in [5.41, 5.74) is 5.71. The number of nitrogens with zero attached hydrogens (tertiary/aromatic N) is 3. The van der Waals surface area contributed by atoms with Crippen molar-refractivity contribution in [3.8, 4) is 0 Å². The third-order valence-corrected chi connectivity index (χ3v) is 5.21. The number of benzene rings is 3. The summed E-state index contributed by atoms with van der Waals surface area (Å²) in [4.78, 5) is 30.6. The van der Waals surface area contributed by atoms with Crippen LogP contribution in [0.15, 0.2) is 94.8 Å². The first-order chi connectivity index (χ1) is 15.6. The fourth-order valence-corrected chi connectivity index (χ4v) is 3.48. The molecule has 0 saturated heterocycles. The van der Waals surface area contributed by atoms with E-state index in [1.165, 1.54) is 10.1 Å². The van der Waals surface area contributed by atoms with E-state index < -0.39 is 5.91 Å². The highest BCUT2D eigenvalue weighted by atomic mass is 16.2. The quantitative estimate of drug-likeness (QED) is 0.357. The zero-order valence-corrected chi connectivity index (χ0v) is 17.9. The number of aryl methyl sites for hydroxylation is 1. The molecule has 1 N–H and O–H groups in total. The zero-order chi connectivity index (χ0) is 22.3. The smallest absolute Gasteiger partial charge is 0.283 e. The first-order valence-electron chi connectivity index (χ1n) is 10.5. The average molecular weight is 425 g/mol. The van der Waals surface area contributed by atoms with Crippen molar-refractivity contribution in [1.29, 1.82) is 0 Å². The number of carbonyl (C=O) groups is 1. The minimum atomic E-state index is -0.511. The molecule has 6 heteroatoms. The van der Waals surface area contributed by atoms with Crippen molar-refractivity contribution in [1.82, 2.24) is 15.0 Å². The first kappa shape index (κ1) is 21.2. The molecule has 1 heterocycles. The average Bonchev–Trinajstić information content (AvgIpc) is 2.84. The number of fused-ring (bicyclic) bond motifs is 1. The van der Waals surface area contributed by atoms with Crippen LogP contribution in [0.1, 0.15) is 35.1 Å².